The number of rotatable bonds is 7. The molecule has 0 bridgehead atoms. The van der Waals surface area contributed by atoms with Crippen LogP contribution >= 0.6 is 11.8 Å². The summed E-state index contributed by atoms with van der Waals surface area (Å²) in [4.78, 5) is 8.64. The van der Waals surface area contributed by atoms with Crippen LogP contribution < -0.4 is 5.32 Å². The van der Waals surface area contributed by atoms with Crippen molar-refractivity contribution in [2.75, 3.05) is 19.4 Å². The lowest BCUT2D eigenvalue weighted by atomic mass is 9.88. The Morgan fingerprint density at radius 1 is 1.24 bits per heavy atom. The van der Waals surface area contributed by atoms with Gasteiger partial charge in [-0.2, -0.15) is 0 Å². The first-order valence-electron chi connectivity index (χ1n) is 6.98. The van der Waals surface area contributed by atoms with Crippen LogP contribution in [0.1, 0.15) is 17.7 Å². The van der Waals surface area contributed by atoms with Gasteiger partial charge in [0.1, 0.15) is 0 Å². The molecule has 2 N–H and O–H groups in total. The molecule has 2 rings (SSSR count). The van der Waals surface area contributed by atoms with E-state index in [2.05, 4.69) is 15.3 Å². The highest BCUT2D eigenvalue weighted by Crippen LogP contribution is 2.27. The number of aromatic nitrogens is 2. The Labute approximate surface area is 130 Å². The van der Waals surface area contributed by atoms with Gasteiger partial charge in [-0.3, -0.25) is 0 Å². The third kappa shape index (κ3) is 4.03. The highest BCUT2D eigenvalue weighted by molar-refractivity contribution is 7.99. The maximum Gasteiger partial charge on any atom is 0.187 e. The lowest BCUT2D eigenvalue weighted by Crippen LogP contribution is -2.44. The molecule has 1 aromatic carbocycles. The van der Waals surface area contributed by atoms with E-state index in [-0.39, 0.29) is 6.61 Å². The molecule has 0 spiro atoms. The Bertz CT molecular complexity index is 558. The molecular weight excluding hydrogens is 282 g/mol. The largest absolute Gasteiger partial charge is 0.394 e. The Kier molecular flexibility index (Phi) is 5.73. The number of likely N-dealkylation sites (N-methyl/N-ethyl adjacent to an activating group) is 1. The summed E-state index contributed by atoms with van der Waals surface area (Å²) >= 11 is 1.61. The Morgan fingerprint density at radius 3 is 2.62 bits per heavy atom. The summed E-state index contributed by atoms with van der Waals surface area (Å²) in [7, 11) is 1.89. The molecule has 0 aliphatic carbocycles. The summed E-state index contributed by atoms with van der Waals surface area (Å²) in [5, 5.41) is 13.9. The molecule has 21 heavy (non-hydrogen) atoms. The van der Waals surface area contributed by atoms with E-state index >= 15 is 0 Å². The number of thioether (sulfide) groups is 1. The normalized spacial score (nSPS) is 13.9. The van der Waals surface area contributed by atoms with Crippen LogP contribution in [0, 0.1) is 6.92 Å². The third-order valence-electron chi connectivity index (χ3n) is 3.61. The van der Waals surface area contributed by atoms with Crippen molar-refractivity contribution in [1.29, 1.82) is 0 Å². The van der Waals surface area contributed by atoms with Crippen molar-refractivity contribution in [3.63, 3.8) is 0 Å². The number of hydrogen-bond acceptors (Lipinski definition) is 5. The van der Waals surface area contributed by atoms with Crippen molar-refractivity contribution >= 4 is 11.8 Å². The zero-order valence-electron chi connectivity index (χ0n) is 12.4. The standard InChI is InChI=1S/C16H21N3OS/c1-13-8-10-18-15(19-13)21-11-9-16(12-20,17-2)14-6-4-3-5-7-14/h3-8,10,17,20H,9,11-12H2,1-2H3. The second-order valence-corrected chi connectivity index (χ2v) is 6.00. The van der Waals surface area contributed by atoms with E-state index in [1.165, 1.54) is 0 Å². The van der Waals surface area contributed by atoms with Crippen LogP contribution in [-0.4, -0.2) is 34.5 Å². The Morgan fingerprint density at radius 2 is 2.00 bits per heavy atom. The van der Waals surface area contributed by atoms with E-state index in [0.717, 1.165) is 28.6 Å². The zero-order valence-corrected chi connectivity index (χ0v) is 13.2. The topological polar surface area (TPSA) is 58.0 Å². The van der Waals surface area contributed by atoms with Gasteiger partial charge in [0.05, 0.1) is 12.1 Å². The molecule has 0 amide bonds. The maximum absolute atomic E-state index is 9.87. The van der Waals surface area contributed by atoms with Gasteiger partial charge in [0.2, 0.25) is 0 Å². The number of nitrogens with zero attached hydrogens (tertiary/aromatic N) is 2. The van der Waals surface area contributed by atoms with Gasteiger partial charge in [-0.15, -0.1) is 0 Å². The van der Waals surface area contributed by atoms with Crippen molar-refractivity contribution in [3.8, 4) is 0 Å². The van der Waals surface area contributed by atoms with E-state index in [1.54, 1.807) is 18.0 Å². The molecule has 1 heterocycles. The van der Waals surface area contributed by atoms with Gasteiger partial charge < -0.3 is 10.4 Å². The molecule has 1 aromatic heterocycles. The molecular formula is C16H21N3OS. The second kappa shape index (κ2) is 7.54. The monoisotopic (exact) mass is 303 g/mol. The molecule has 0 aliphatic rings. The number of aliphatic hydroxyl groups excluding tert-OH is 1. The van der Waals surface area contributed by atoms with Crippen molar-refractivity contribution in [3.05, 3.63) is 53.9 Å². The molecule has 4 nitrogen and oxygen atoms in total. The fourth-order valence-corrected chi connectivity index (χ4v) is 3.21. The van der Waals surface area contributed by atoms with Gasteiger partial charge in [-0.1, -0.05) is 42.1 Å². The Balaban J connectivity index is 2.04. The van der Waals surface area contributed by atoms with E-state index < -0.39 is 5.54 Å². The lowest BCUT2D eigenvalue weighted by Gasteiger charge is -2.32. The summed E-state index contributed by atoms with van der Waals surface area (Å²) < 4.78 is 0. The summed E-state index contributed by atoms with van der Waals surface area (Å²) in [6, 6.07) is 11.9. The van der Waals surface area contributed by atoms with Gasteiger partial charge in [0.15, 0.2) is 5.16 Å². The molecule has 112 valence electrons. The van der Waals surface area contributed by atoms with Gasteiger partial charge in [-0.25, -0.2) is 9.97 Å². The second-order valence-electron chi connectivity index (χ2n) is 4.94. The summed E-state index contributed by atoms with van der Waals surface area (Å²) in [6.07, 6.45) is 2.57. The average Bonchev–Trinajstić information content (AvgIpc) is 2.53. The SMILES string of the molecule is CNC(CO)(CCSc1nccc(C)n1)c1ccccc1. The quantitative estimate of drug-likeness (QED) is 0.607. The van der Waals surface area contributed by atoms with Crippen molar-refractivity contribution in [2.24, 2.45) is 0 Å². The van der Waals surface area contributed by atoms with Gasteiger partial charge >= 0.3 is 0 Å². The van der Waals surface area contributed by atoms with Crippen LogP contribution in [0.25, 0.3) is 0 Å². The summed E-state index contributed by atoms with van der Waals surface area (Å²) in [5.74, 6) is 0.833. The number of nitrogens with one attached hydrogen (secondary N) is 1. The molecule has 1 atom stereocenters. The highest BCUT2D eigenvalue weighted by atomic mass is 32.2. The van der Waals surface area contributed by atoms with Crippen LogP contribution in [0.3, 0.4) is 0 Å². The Hall–Kier alpha value is -1.43. The first-order chi connectivity index (χ1) is 10.2. The molecule has 5 heteroatoms. The predicted octanol–water partition coefficient (Wildman–Crippen LogP) is 2.37. The molecule has 0 aliphatic heterocycles. The fraction of sp³-hybridized carbons (Fsp3) is 0.375. The van der Waals surface area contributed by atoms with Crippen LogP contribution in [0.4, 0.5) is 0 Å². The van der Waals surface area contributed by atoms with Gasteiger partial charge in [0, 0.05) is 17.6 Å². The van der Waals surface area contributed by atoms with Crippen LogP contribution in [0.15, 0.2) is 47.8 Å². The number of aliphatic hydroxyl groups is 1. The first-order valence-corrected chi connectivity index (χ1v) is 7.96. The molecule has 0 saturated heterocycles. The molecule has 0 fully saturated rings. The molecule has 0 radical (unpaired) electrons. The molecule has 1 unspecified atom stereocenters. The lowest BCUT2D eigenvalue weighted by molar-refractivity contribution is 0.165. The number of hydrogen-bond donors (Lipinski definition) is 2. The third-order valence-corrected chi connectivity index (χ3v) is 4.47. The summed E-state index contributed by atoms with van der Waals surface area (Å²) in [5.41, 5.74) is 1.65. The fourth-order valence-electron chi connectivity index (χ4n) is 2.23. The van der Waals surface area contributed by atoms with Crippen LogP contribution in [-0.2, 0) is 5.54 Å². The molecule has 0 saturated carbocycles. The minimum absolute atomic E-state index is 0.0583. The van der Waals surface area contributed by atoms with Crippen molar-refractivity contribution in [1.82, 2.24) is 15.3 Å². The van der Waals surface area contributed by atoms with E-state index in [1.807, 2.05) is 50.4 Å². The van der Waals surface area contributed by atoms with Crippen molar-refractivity contribution in [2.45, 2.75) is 24.0 Å². The molecule has 2 aromatic rings. The zero-order chi connectivity index (χ0) is 15.1. The van der Waals surface area contributed by atoms with Gasteiger partial charge in [-0.05, 0) is 32.0 Å². The average molecular weight is 303 g/mol. The smallest absolute Gasteiger partial charge is 0.187 e. The van der Waals surface area contributed by atoms with E-state index in [0.29, 0.717) is 0 Å². The van der Waals surface area contributed by atoms with Crippen molar-refractivity contribution < 1.29 is 5.11 Å². The first kappa shape index (κ1) is 15.9. The highest BCUT2D eigenvalue weighted by Gasteiger charge is 2.29. The number of benzene rings is 1. The van der Waals surface area contributed by atoms with Gasteiger partial charge in [0.25, 0.3) is 0 Å². The predicted molar refractivity (Wildman–Crippen MR) is 86.4 cm³/mol. The van der Waals surface area contributed by atoms with E-state index in [9.17, 15) is 5.11 Å². The maximum atomic E-state index is 9.87. The summed E-state index contributed by atoms with van der Waals surface area (Å²) in [6.45, 7) is 2.02. The minimum atomic E-state index is -0.419. The minimum Gasteiger partial charge on any atom is -0.394 e. The van der Waals surface area contributed by atoms with Crippen LogP contribution in [0.5, 0.6) is 0 Å². The number of aryl methyl sites for hydroxylation is 1. The van der Waals surface area contributed by atoms with Crippen LogP contribution in [0.2, 0.25) is 0 Å². The van der Waals surface area contributed by atoms with E-state index in [4.69, 9.17) is 0 Å².